The van der Waals surface area contributed by atoms with E-state index in [4.69, 9.17) is 4.74 Å². The number of hydrogen-bond donors (Lipinski definition) is 1. The first-order valence-electron chi connectivity index (χ1n) is 5.94. The van der Waals surface area contributed by atoms with Crippen molar-refractivity contribution in [2.24, 2.45) is 0 Å². The van der Waals surface area contributed by atoms with Gasteiger partial charge in [0, 0.05) is 13.2 Å². The minimum absolute atomic E-state index is 0.212. The Bertz CT molecular complexity index is 408. The van der Waals surface area contributed by atoms with Gasteiger partial charge in [-0.3, -0.25) is 0 Å². The molecule has 0 amide bonds. The zero-order valence-electron chi connectivity index (χ0n) is 10.5. The predicted molar refractivity (Wildman–Crippen MR) is 65.4 cm³/mol. The zero-order valence-corrected chi connectivity index (χ0v) is 10.5. The summed E-state index contributed by atoms with van der Waals surface area (Å²) in [6, 6.07) is 3.69. The third-order valence-electron chi connectivity index (χ3n) is 3.13. The predicted octanol–water partition coefficient (Wildman–Crippen LogP) is 1.24. The summed E-state index contributed by atoms with van der Waals surface area (Å²) >= 11 is 0. The van der Waals surface area contributed by atoms with Crippen molar-refractivity contribution in [2.45, 2.75) is 31.4 Å². The molecule has 2 rings (SSSR count). The first-order chi connectivity index (χ1) is 8.72. The quantitative estimate of drug-likeness (QED) is 0.812. The third-order valence-corrected chi connectivity index (χ3v) is 3.13. The molecule has 1 aromatic rings. The van der Waals surface area contributed by atoms with Gasteiger partial charge < -0.3 is 14.8 Å². The maximum absolute atomic E-state index is 11.2. The summed E-state index contributed by atoms with van der Waals surface area (Å²) in [6.07, 6.45) is 3.40. The lowest BCUT2D eigenvalue weighted by atomic mass is 10.2. The second kappa shape index (κ2) is 5.77. The van der Waals surface area contributed by atoms with Gasteiger partial charge in [0.2, 0.25) is 0 Å². The Kier molecular flexibility index (Phi) is 4.09. The fourth-order valence-corrected chi connectivity index (χ4v) is 2.12. The van der Waals surface area contributed by atoms with Gasteiger partial charge in [-0.25, -0.2) is 4.79 Å². The van der Waals surface area contributed by atoms with Crippen LogP contribution >= 0.6 is 0 Å². The molecule has 0 aliphatic heterocycles. The Labute approximate surface area is 106 Å². The number of anilines is 1. The van der Waals surface area contributed by atoms with E-state index >= 15 is 0 Å². The van der Waals surface area contributed by atoms with Gasteiger partial charge in [0.05, 0.1) is 13.2 Å². The van der Waals surface area contributed by atoms with Crippen molar-refractivity contribution in [1.29, 1.82) is 0 Å². The Morgan fingerprint density at radius 3 is 2.72 bits per heavy atom. The molecule has 1 heterocycles. The molecule has 1 saturated carbocycles. The lowest BCUT2D eigenvalue weighted by Crippen LogP contribution is -2.18. The number of nitrogens with one attached hydrogen (secondary N) is 1. The fourth-order valence-electron chi connectivity index (χ4n) is 2.12. The second-order valence-electron chi connectivity index (χ2n) is 4.31. The number of aromatic nitrogens is 2. The molecule has 2 atom stereocenters. The van der Waals surface area contributed by atoms with Crippen molar-refractivity contribution in [3.8, 4) is 0 Å². The van der Waals surface area contributed by atoms with Crippen molar-refractivity contribution in [3.63, 3.8) is 0 Å². The average Bonchev–Trinajstić information content (AvgIpc) is 2.86. The molecule has 98 valence electrons. The van der Waals surface area contributed by atoms with Crippen LogP contribution in [-0.4, -0.2) is 42.5 Å². The van der Waals surface area contributed by atoms with E-state index in [-0.39, 0.29) is 5.69 Å². The molecule has 0 bridgehead atoms. The number of methoxy groups -OCH3 is 2. The van der Waals surface area contributed by atoms with Gasteiger partial charge >= 0.3 is 5.97 Å². The summed E-state index contributed by atoms with van der Waals surface area (Å²) in [5.41, 5.74) is 0.212. The topological polar surface area (TPSA) is 73.3 Å². The molecule has 1 aliphatic rings. The SMILES string of the molecule is COC(=O)c1ccc(NC2CCC(OC)C2)nn1. The van der Waals surface area contributed by atoms with Crippen LogP contribution in [0.4, 0.5) is 5.82 Å². The molecule has 18 heavy (non-hydrogen) atoms. The summed E-state index contributed by atoms with van der Waals surface area (Å²) in [6.45, 7) is 0. The maximum Gasteiger partial charge on any atom is 0.358 e. The largest absolute Gasteiger partial charge is 0.464 e. The van der Waals surface area contributed by atoms with Crippen molar-refractivity contribution in [3.05, 3.63) is 17.8 Å². The van der Waals surface area contributed by atoms with E-state index in [2.05, 4.69) is 20.3 Å². The Morgan fingerprint density at radius 2 is 2.17 bits per heavy atom. The van der Waals surface area contributed by atoms with Crippen LogP contribution in [0, 0.1) is 0 Å². The summed E-state index contributed by atoms with van der Waals surface area (Å²) < 4.78 is 9.87. The molecule has 0 spiro atoms. The molecule has 0 radical (unpaired) electrons. The van der Waals surface area contributed by atoms with Crippen LogP contribution in [0.3, 0.4) is 0 Å². The van der Waals surface area contributed by atoms with E-state index in [1.54, 1.807) is 19.2 Å². The van der Waals surface area contributed by atoms with Crippen LogP contribution < -0.4 is 5.32 Å². The van der Waals surface area contributed by atoms with Crippen LogP contribution in [0.25, 0.3) is 0 Å². The third kappa shape index (κ3) is 2.95. The highest BCUT2D eigenvalue weighted by atomic mass is 16.5. The zero-order chi connectivity index (χ0) is 13.0. The minimum Gasteiger partial charge on any atom is -0.464 e. The highest BCUT2D eigenvalue weighted by Gasteiger charge is 2.24. The van der Waals surface area contributed by atoms with E-state index in [1.807, 2.05) is 0 Å². The highest BCUT2D eigenvalue weighted by molar-refractivity contribution is 5.86. The van der Waals surface area contributed by atoms with Gasteiger partial charge in [0.25, 0.3) is 0 Å². The van der Waals surface area contributed by atoms with E-state index < -0.39 is 5.97 Å². The number of ether oxygens (including phenoxy) is 2. The first-order valence-corrected chi connectivity index (χ1v) is 5.94. The lowest BCUT2D eigenvalue weighted by molar-refractivity contribution is 0.0593. The molecule has 1 aromatic heterocycles. The van der Waals surface area contributed by atoms with Crippen LogP contribution in [-0.2, 0) is 9.47 Å². The Morgan fingerprint density at radius 1 is 1.33 bits per heavy atom. The highest BCUT2D eigenvalue weighted by Crippen LogP contribution is 2.23. The first kappa shape index (κ1) is 12.8. The van der Waals surface area contributed by atoms with Crippen molar-refractivity contribution in [2.75, 3.05) is 19.5 Å². The van der Waals surface area contributed by atoms with E-state index in [0.717, 1.165) is 19.3 Å². The molecule has 1 fully saturated rings. The van der Waals surface area contributed by atoms with E-state index in [1.165, 1.54) is 7.11 Å². The normalized spacial score (nSPS) is 22.8. The van der Waals surface area contributed by atoms with Gasteiger partial charge in [0.15, 0.2) is 5.69 Å². The molecule has 0 aromatic carbocycles. The number of nitrogens with zero attached hydrogens (tertiary/aromatic N) is 2. The van der Waals surface area contributed by atoms with Gasteiger partial charge in [-0.2, -0.15) is 0 Å². The molecule has 1 N–H and O–H groups in total. The number of carbonyl (C=O) groups excluding carboxylic acids is 1. The van der Waals surface area contributed by atoms with Gasteiger partial charge in [-0.1, -0.05) is 0 Å². The fraction of sp³-hybridized carbons (Fsp3) is 0.583. The van der Waals surface area contributed by atoms with Crippen LogP contribution in [0.5, 0.6) is 0 Å². The van der Waals surface area contributed by atoms with E-state index in [0.29, 0.717) is 18.0 Å². The molecule has 1 aliphatic carbocycles. The molecule has 2 unspecified atom stereocenters. The summed E-state index contributed by atoms with van der Waals surface area (Å²) in [5, 5.41) is 11.1. The number of esters is 1. The number of rotatable bonds is 4. The molecule has 6 heteroatoms. The smallest absolute Gasteiger partial charge is 0.358 e. The van der Waals surface area contributed by atoms with Crippen LogP contribution in [0.15, 0.2) is 12.1 Å². The van der Waals surface area contributed by atoms with Crippen LogP contribution in [0.1, 0.15) is 29.8 Å². The standard InChI is InChI=1S/C12H17N3O3/c1-17-9-4-3-8(7-9)13-11-6-5-10(14-15-11)12(16)18-2/h5-6,8-9H,3-4,7H2,1-2H3,(H,13,15). The summed E-state index contributed by atoms with van der Waals surface area (Å²) in [4.78, 5) is 11.2. The minimum atomic E-state index is -0.477. The number of carbonyl (C=O) groups is 1. The maximum atomic E-state index is 11.2. The van der Waals surface area contributed by atoms with Gasteiger partial charge in [-0.15, -0.1) is 10.2 Å². The van der Waals surface area contributed by atoms with Crippen LogP contribution in [0.2, 0.25) is 0 Å². The molecule has 6 nitrogen and oxygen atoms in total. The number of hydrogen-bond acceptors (Lipinski definition) is 6. The van der Waals surface area contributed by atoms with Crippen molar-refractivity contribution in [1.82, 2.24) is 10.2 Å². The van der Waals surface area contributed by atoms with Gasteiger partial charge in [0.1, 0.15) is 5.82 Å². The average molecular weight is 251 g/mol. The van der Waals surface area contributed by atoms with Gasteiger partial charge in [-0.05, 0) is 31.4 Å². The second-order valence-corrected chi connectivity index (χ2v) is 4.31. The lowest BCUT2D eigenvalue weighted by Gasteiger charge is -2.12. The molecule has 0 saturated heterocycles. The molecular weight excluding hydrogens is 234 g/mol. The van der Waals surface area contributed by atoms with E-state index in [9.17, 15) is 4.79 Å². The van der Waals surface area contributed by atoms with Crippen molar-refractivity contribution >= 4 is 11.8 Å². The summed E-state index contributed by atoms with van der Waals surface area (Å²) in [5.74, 6) is 0.193. The summed E-state index contributed by atoms with van der Waals surface area (Å²) in [7, 11) is 3.05. The Hall–Kier alpha value is -1.69. The molecular formula is C12H17N3O3. The Balaban J connectivity index is 1.92. The van der Waals surface area contributed by atoms with Crippen molar-refractivity contribution < 1.29 is 14.3 Å². The monoisotopic (exact) mass is 251 g/mol.